The summed E-state index contributed by atoms with van der Waals surface area (Å²) in [6.07, 6.45) is -1.71. The molecule has 1 aromatic rings. The van der Waals surface area contributed by atoms with Gasteiger partial charge in [0.2, 0.25) is 0 Å². The van der Waals surface area contributed by atoms with Crippen LogP contribution in [0, 0.1) is 10.1 Å². The van der Waals surface area contributed by atoms with Gasteiger partial charge in [0.05, 0.1) is 4.92 Å². The number of carboxylic acid groups (broad SMARTS) is 1. The predicted molar refractivity (Wildman–Crippen MR) is 68.7 cm³/mol. The highest BCUT2D eigenvalue weighted by atomic mass is 35.5. The van der Waals surface area contributed by atoms with Crippen molar-refractivity contribution >= 4 is 29.2 Å². The molecule has 20 heavy (non-hydrogen) atoms. The molecule has 1 atom stereocenters. The molecule has 0 saturated carbocycles. The highest BCUT2D eigenvalue weighted by Gasteiger charge is 2.16. The van der Waals surface area contributed by atoms with Crippen LogP contribution in [0.1, 0.15) is 16.8 Å². The van der Waals surface area contributed by atoms with Crippen LogP contribution in [-0.4, -0.2) is 39.7 Å². The molecule has 1 aromatic carbocycles. The third kappa shape index (κ3) is 4.18. The first-order valence-corrected chi connectivity index (χ1v) is 5.83. The van der Waals surface area contributed by atoms with Gasteiger partial charge in [-0.3, -0.25) is 14.9 Å². The van der Waals surface area contributed by atoms with Crippen molar-refractivity contribution in [1.82, 2.24) is 5.32 Å². The third-order valence-electron chi connectivity index (χ3n) is 2.39. The molecule has 0 bridgehead atoms. The Morgan fingerprint density at radius 2 is 2.10 bits per heavy atom. The quantitative estimate of drug-likeness (QED) is 0.526. The summed E-state index contributed by atoms with van der Waals surface area (Å²) in [7, 11) is 0. The molecule has 0 heterocycles. The molecule has 0 spiro atoms. The van der Waals surface area contributed by atoms with Crippen molar-refractivity contribution < 1.29 is 24.7 Å². The van der Waals surface area contributed by atoms with E-state index in [9.17, 15) is 19.7 Å². The molecule has 3 N–H and O–H groups in total. The Morgan fingerprint density at radius 3 is 2.60 bits per heavy atom. The van der Waals surface area contributed by atoms with Crippen LogP contribution in [0.3, 0.4) is 0 Å². The van der Waals surface area contributed by atoms with E-state index in [4.69, 9.17) is 21.8 Å². The fraction of sp³-hybridized carbons (Fsp3) is 0.273. The van der Waals surface area contributed by atoms with Crippen molar-refractivity contribution in [3.05, 3.63) is 38.9 Å². The van der Waals surface area contributed by atoms with Crippen LogP contribution >= 0.6 is 11.6 Å². The average Bonchev–Trinajstić information content (AvgIpc) is 2.37. The maximum absolute atomic E-state index is 11.7. The van der Waals surface area contributed by atoms with E-state index in [0.29, 0.717) is 0 Å². The normalized spacial score (nSPS) is 11.7. The lowest BCUT2D eigenvalue weighted by atomic mass is 10.2. The van der Waals surface area contributed by atoms with Gasteiger partial charge in [-0.1, -0.05) is 11.6 Å². The second kappa shape index (κ2) is 6.83. The fourth-order valence-corrected chi connectivity index (χ4v) is 1.59. The Balaban J connectivity index is 2.62. The number of carbonyl (C=O) groups excluding carboxylic acids is 1. The van der Waals surface area contributed by atoms with Gasteiger partial charge in [-0.15, -0.1) is 0 Å². The summed E-state index contributed by atoms with van der Waals surface area (Å²) in [5.74, 6) is -1.95. The van der Waals surface area contributed by atoms with Gasteiger partial charge in [0.25, 0.3) is 11.6 Å². The molecule has 0 fully saturated rings. The van der Waals surface area contributed by atoms with Crippen LogP contribution in [0.25, 0.3) is 0 Å². The lowest BCUT2D eigenvalue weighted by Crippen LogP contribution is -2.30. The number of carboxylic acids is 1. The molecule has 0 aliphatic heterocycles. The number of nitrogens with zero attached hydrogens (tertiary/aromatic N) is 1. The molecule has 0 aliphatic carbocycles. The minimum Gasteiger partial charge on any atom is -0.479 e. The SMILES string of the molecule is O=C(NCC[C@H](O)C(=O)O)c1ccc([N+](=O)[O-])c(Cl)c1. The van der Waals surface area contributed by atoms with E-state index in [2.05, 4.69) is 5.32 Å². The third-order valence-corrected chi connectivity index (χ3v) is 2.70. The Bertz CT molecular complexity index is 548. The fourth-order valence-electron chi connectivity index (χ4n) is 1.34. The van der Waals surface area contributed by atoms with Crippen molar-refractivity contribution in [3.8, 4) is 0 Å². The molecular formula is C11H11ClN2O6. The number of hydrogen-bond acceptors (Lipinski definition) is 5. The molecule has 108 valence electrons. The number of nitro benzene ring substituents is 1. The second-order valence-corrected chi connectivity index (χ2v) is 4.23. The van der Waals surface area contributed by atoms with Crippen LogP contribution in [0.4, 0.5) is 5.69 Å². The minimum atomic E-state index is -1.56. The van der Waals surface area contributed by atoms with Gasteiger partial charge in [0.1, 0.15) is 5.02 Å². The molecule has 0 unspecified atom stereocenters. The van der Waals surface area contributed by atoms with Gasteiger partial charge in [-0.2, -0.15) is 0 Å². The van der Waals surface area contributed by atoms with E-state index >= 15 is 0 Å². The minimum absolute atomic E-state index is 0.0547. The van der Waals surface area contributed by atoms with Crippen molar-refractivity contribution in [2.45, 2.75) is 12.5 Å². The predicted octanol–water partition coefficient (Wildman–Crippen LogP) is 0.814. The van der Waals surface area contributed by atoms with Crippen molar-refractivity contribution in [3.63, 3.8) is 0 Å². The molecule has 1 amide bonds. The van der Waals surface area contributed by atoms with Gasteiger partial charge < -0.3 is 15.5 Å². The number of benzene rings is 1. The van der Waals surface area contributed by atoms with E-state index in [1.165, 1.54) is 6.07 Å². The summed E-state index contributed by atoms with van der Waals surface area (Å²) < 4.78 is 0. The lowest BCUT2D eigenvalue weighted by molar-refractivity contribution is -0.384. The number of aliphatic hydroxyl groups excluding tert-OH is 1. The zero-order valence-electron chi connectivity index (χ0n) is 10.1. The highest BCUT2D eigenvalue weighted by molar-refractivity contribution is 6.33. The Morgan fingerprint density at radius 1 is 1.45 bits per heavy atom. The number of hydrogen-bond donors (Lipinski definition) is 3. The Labute approximate surface area is 118 Å². The van der Waals surface area contributed by atoms with Crippen LogP contribution in [-0.2, 0) is 4.79 Å². The number of nitrogens with one attached hydrogen (secondary N) is 1. The number of nitro groups is 1. The molecule has 9 heteroatoms. The maximum Gasteiger partial charge on any atom is 0.332 e. The summed E-state index contributed by atoms with van der Waals surface area (Å²) in [5.41, 5.74) is -0.213. The van der Waals surface area contributed by atoms with Crippen LogP contribution in [0.2, 0.25) is 5.02 Å². The zero-order valence-corrected chi connectivity index (χ0v) is 10.8. The van der Waals surface area contributed by atoms with Crippen LogP contribution in [0.15, 0.2) is 18.2 Å². The topological polar surface area (TPSA) is 130 Å². The molecule has 0 aliphatic rings. The zero-order chi connectivity index (χ0) is 15.3. The first-order chi connectivity index (χ1) is 9.32. The number of halogens is 1. The Kier molecular flexibility index (Phi) is 5.42. The van der Waals surface area contributed by atoms with E-state index in [1.54, 1.807) is 0 Å². The van der Waals surface area contributed by atoms with E-state index in [-0.39, 0.29) is 29.2 Å². The first-order valence-electron chi connectivity index (χ1n) is 5.46. The van der Waals surface area contributed by atoms with Gasteiger partial charge in [-0.25, -0.2) is 4.79 Å². The largest absolute Gasteiger partial charge is 0.479 e. The second-order valence-electron chi connectivity index (χ2n) is 3.82. The summed E-state index contributed by atoms with van der Waals surface area (Å²) in [5, 5.41) is 30.2. The summed E-state index contributed by atoms with van der Waals surface area (Å²) in [6.45, 7) is -0.0547. The van der Waals surface area contributed by atoms with Crippen molar-refractivity contribution in [2.75, 3.05) is 6.54 Å². The smallest absolute Gasteiger partial charge is 0.332 e. The molecule has 0 aromatic heterocycles. The van der Waals surface area contributed by atoms with Crippen LogP contribution in [0.5, 0.6) is 0 Å². The number of aliphatic carboxylic acids is 1. The maximum atomic E-state index is 11.7. The molecule has 8 nitrogen and oxygen atoms in total. The summed E-state index contributed by atoms with van der Waals surface area (Å²) >= 11 is 5.66. The molecular weight excluding hydrogens is 292 g/mol. The van der Waals surface area contributed by atoms with Gasteiger partial charge in [0.15, 0.2) is 6.10 Å². The number of carbonyl (C=O) groups is 2. The molecule has 0 saturated heterocycles. The van der Waals surface area contributed by atoms with Crippen molar-refractivity contribution in [1.29, 1.82) is 0 Å². The van der Waals surface area contributed by atoms with E-state index < -0.39 is 22.9 Å². The molecule has 0 radical (unpaired) electrons. The van der Waals surface area contributed by atoms with Gasteiger partial charge in [0, 0.05) is 24.6 Å². The number of rotatable bonds is 6. The monoisotopic (exact) mass is 302 g/mol. The summed E-state index contributed by atoms with van der Waals surface area (Å²) in [6, 6.07) is 3.47. The summed E-state index contributed by atoms with van der Waals surface area (Å²) in [4.78, 5) is 31.9. The number of amides is 1. The first kappa shape index (κ1) is 15.9. The average molecular weight is 303 g/mol. The standard InChI is InChI=1S/C11H11ClN2O6/c12-7-5-6(1-2-8(7)14(19)20)10(16)13-4-3-9(15)11(17)18/h1-2,5,9,15H,3-4H2,(H,13,16)(H,17,18)/t9-/m0/s1. The molecule has 1 rings (SSSR count). The van der Waals surface area contributed by atoms with Crippen LogP contribution < -0.4 is 5.32 Å². The Hall–Kier alpha value is -2.19. The highest BCUT2D eigenvalue weighted by Crippen LogP contribution is 2.24. The van der Waals surface area contributed by atoms with Gasteiger partial charge >= 0.3 is 5.97 Å². The van der Waals surface area contributed by atoms with E-state index in [0.717, 1.165) is 12.1 Å². The van der Waals surface area contributed by atoms with Gasteiger partial charge in [-0.05, 0) is 12.1 Å². The lowest BCUT2D eigenvalue weighted by Gasteiger charge is -2.07. The van der Waals surface area contributed by atoms with Crippen molar-refractivity contribution in [2.24, 2.45) is 0 Å². The van der Waals surface area contributed by atoms with E-state index in [1.807, 2.05) is 0 Å². The number of aliphatic hydroxyl groups is 1.